The van der Waals surface area contributed by atoms with Gasteiger partial charge in [0.1, 0.15) is 0 Å². The summed E-state index contributed by atoms with van der Waals surface area (Å²) >= 11 is 0. The lowest BCUT2D eigenvalue weighted by Crippen LogP contribution is -2.08. The van der Waals surface area contributed by atoms with Crippen LogP contribution in [0.25, 0.3) is 0 Å². The number of rotatable bonds is 5. The Labute approximate surface area is 136 Å². The maximum absolute atomic E-state index is 11.7. The number of ether oxygens (including phenoxy) is 2. The minimum absolute atomic E-state index is 0.0275. The first-order valence-corrected chi connectivity index (χ1v) is 6.64. The highest BCUT2D eigenvalue weighted by Gasteiger charge is 2.17. The Balaban J connectivity index is 2.48. The van der Waals surface area contributed by atoms with E-state index in [1.165, 1.54) is 50.7 Å². The van der Waals surface area contributed by atoms with Gasteiger partial charge in [-0.25, -0.2) is 14.6 Å². The van der Waals surface area contributed by atoms with Gasteiger partial charge in [0, 0.05) is 18.0 Å². The van der Waals surface area contributed by atoms with Gasteiger partial charge in [0.25, 0.3) is 0 Å². The van der Waals surface area contributed by atoms with Gasteiger partial charge in [-0.1, -0.05) is 0 Å². The van der Waals surface area contributed by atoms with Crippen molar-refractivity contribution in [3.8, 4) is 0 Å². The van der Waals surface area contributed by atoms with Gasteiger partial charge in [0.05, 0.1) is 30.3 Å². The molecular formula is C15H13N3O6. The molecule has 124 valence electrons. The molecule has 24 heavy (non-hydrogen) atoms. The normalized spacial score (nSPS) is 9.92. The topological polar surface area (TPSA) is 121 Å². The number of hydrogen-bond acceptors (Lipinski definition) is 8. The van der Waals surface area contributed by atoms with E-state index in [1.54, 1.807) is 0 Å². The van der Waals surface area contributed by atoms with Crippen molar-refractivity contribution < 1.29 is 24.0 Å². The van der Waals surface area contributed by atoms with Crippen molar-refractivity contribution in [3.63, 3.8) is 0 Å². The van der Waals surface area contributed by atoms with E-state index in [4.69, 9.17) is 0 Å². The van der Waals surface area contributed by atoms with Crippen LogP contribution in [0.2, 0.25) is 0 Å². The number of anilines is 2. The van der Waals surface area contributed by atoms with Crippen molar-refractivity contribution in [1.82, 2.24) is 4.98 Å². The summed E-state index contributed by atoms with van der Waals surface area (Å²) in [5.41, 5.74) is 0.170. The van der Waals surface area contributed by atoms with E-state index in [9.17, 15) is 19.7 Å². The Morgan fingerprint density at radius 3 is 2.21 bits per heavy atom. The third-order valence-electron chi connectivity index (χ3n) is 3.02. The minimum Gasteiger partial charge on any atom is -0.465 e. The van der Waals surface area contributed by atoms with Gasteiger partial charge in [-0.05, 0) is 24.3 Å². The zero-order chi connectivity index (χ0) is 17.7. The summed E-state index contributed by atoms with van der Waals surface area (Å²) in [5.74, 6) is -1.36. The Morgan fingerprint density at radius 1 is 1.12 bits per heavy atom. The summed E-state index contributed by atoms with van der Waals surface area (Å²) < 4.78 is 9.26. The second kappa shape index (κ2) is 7.18. The molecule has 9 nitrogen and oxygen atoms in total. The van der Waals surface area contributed by atoms with Crippen LogP contribution in [0.5, 0.6) is 0 Å². The molecule has 0 unspecified atom stereocenters. The molecule has 9 heteroatoms. The van der Waals surface area contributed by atoms with Crippen LogP contribution in [-0.4, -0.2) is 36.1 Å². The van der Waals surface area contributed by atoms with Crippen LogP contribution in [0, 0.1) is 10.1 Å². The highest BCUT2D eigenvalue weighted by atomic mass is 16.6. The maximum atomic E-state index is 11.7. The second-order valence-corrected chi connectivity index (χ2v) is 4.54. The van der Waals surface area contributed by atoms with Crippen molar-refractivity contribution >= 4 is 29.1 Å². The first kappa shape index (κ1) is 16.9. The van der Waals surface area contributed by atoms with Crippen molar-refractivity contribution in [2.24, 2.45) is 0 Å². The number of benzene rings is 1. The SMILES string of the molecule is COC(=O)c1cc(Nc2ncccc2[N+](=O)[O-])cc(C(=O)OC)c1. The molecular weight excluding hydrogens is 318 g/mol. The first-order chi connectivity index (χ1) is 11.5. The first-order valence-electron chi connectivity index (χ1n) is 6.64. The number of carbonyl (C=O) groups excluding carboxylic acids is 2. The van der Waals surface area contributed by atoms with Crippen LogP contribution in [0.1, 0.15) is 20.7 Å². The number of nitrogens with zero attached hydrogens (tertiary/aromatic N) is 2. The van der Waals surface area contributed by atoms with Gasteiger partial charge in [-0.2, -0.15) is 0 Å². The Hall–Kier alpha value is -3.49. The molecule has 0 fully saturated rings. The van der Waals surface area contributed by atoms with Crippen LogP contribution < -0.4 is 5.32 Å². The molecule has 0 saturated heterocycles. The number of hydrogen-bond donors (Lipinski definition) is 1. The molecule has 1 aromatic heterocycles. The van der Waals surface area contributed by atoms with E-state index >= 15 is 0 Å². The Morgan fingerprint density at radius 2 is 1.71 bits per heavy atom. The van der Waals surface area contributed by atoms with E-state index in [1.807, 2.05) is 0 Å². The van der Waals surface area contributed by atoms with E-state index < -0.39 is 16.9 Å². The highest BCUT2D eigenvalue weighted by Crippen LogP contribution is 2.26. The van der Waals surface area contributed by atoms with Crippen molar-refractivity contribution in [2.45, 2.75) is 0 Å². The van der Waals surface area contributed by atoms with Crippen LogP contribution >= 0.6 is 0 Å². The molecule has 0 aliphatic carbocycles. The second-order valence-electron chi connectivity index (χ2n) is 4.54. The lowest BCUT2D eigenvalue weighted by atomic mass is 10.1. The molecule has 0 bridgehead atoms. The van der Waals surface area contributed by atoms with E-state index in [0.29, 0.717) is 0 Å². The quantitative estimate of drug-likeness (QED) is 0.503. The van der Waals surface area contributed by atoms with Crippen molar-refractivity contribution in [2.75, 3.05) is 19.5 Å². The lowest BCUT2D eigenvalue weighted by molar-refractivity contribution is -0.384. The monoisotopic (exact) mass is 331 g/mol. The average molecular weight is 331 g/mol. The number of esters is 2. The van der Waals surface area contributed by atoms with Gasteiger partial charge in [-0.15, -0.1) is 0 Å². The minimum atomic E-state index is -0.667. The molecule has 2 aromatic rings. The fraction of sp³-hybridized carbons (Fsp3) is 0.133. The van der Waals surface area contributed by atoms with E-state index in [-0.39, 0.29) is 28.3 Å². The summed E-state index contributed by atoms with van der Waals surface area (Å²) in [6, 6.07) is 6.78. The summed E-state index contributed by atoms with van der Waals surface area (Å²) in [6.45, 7) is 0. The van der Waals surface area contributed by atoms with Crippen LogP contribution in [0.15, 0.2) is 36.5 Å². The molecule has 0 amide bonds. The lowest BCUT2D eigenvalue weighted by Gasteiger charge is -2.10. The number of aromatic nitrogens is 1. The summed E-state index contributed by atoms with van der Waals surface area (Å²) in [5, 5.41) is 13.8. The molecule has 1 heterocycles. The molecule has 0 radical (unpaired) electrons. The van der Waals surface area contributed by atoms with E-state index in [0.717, 1.165) is 0 Å². The summed E-state index contributed by atoms with van der Waals surface area (Å²) in [4.78, 5) is 37.8. The van der Waals surface area contributed by atoms with Gasteiger partial charge < -0.3 is 14.8 Å². The third kappa shape index (κ3) is 3.64. The molecule has 0 aliphatic heterocycles. The molecule has 1 N–H and O–H groups in total. The molecule has 0 atom stereocenters. The van der Waals surface area contributed by atoms with Crippen molar-refractivity contribution in [1.29, 1.82) is 0 Å². The largest absolute Gasteiger partial charge is 0.465 e. The van der Waals surface area contributed by atoms with Crippen LogP contribution in [-0.2, 0) is 9.47 Å². The smallest absolute Gasteiger partial charge is 0.337 e. The zero-order valence-electron chi connectivity index (χ0n) is 12.8. The van der Waals surface area contributed by atoms with Gasteiger partial charge in [0.2, 0.25) is 5.82 Å². The molecule has 0 aliphatic rings. The number of nitro groups is 1. The average Bonchev–Trinajstić information content (AvgIpc) is 2.60. The number of carbonyl (C=O) groups is 2. The third-order valence-corrected chi connectivity index (χ3v) is 3.02. The number of nitrogens with one attached hydrogen (secondary N) is 1. The summed E-state index contributed by atoms with van der Waals surface area (Å²) in [6.07, 6.45) is 1.38. The Bertz CT molecular complexity index is 771. The summed E-state index contributed by atoms with van der Waals surface area (Å²) in [7, 11) is 2.40. The van der Waals surface area contributed by atoms with Gasteiger partial charge >= 0.3 is 17.6 Å². The van der Waals surface area contributed by atoms with Gasteiger partial charge in [-0.3, -0.25) is 10.1 Å². The highest BCUT2D eigenvalue weighted by molar-refractivity contribution is 5.97. The zero-order valence-corrected chi connectivity index (χ0v) is 12.8. The fourth-order valence-corrected chi connectivity index (χ4v) is 1.95. The Kier molecular flexibility index (Phi) is 5.05. The fourth-order valence-electron chi connectivity index (χ4n) is 1.95. The predicted molar refractivity (Wildman–Crippen MR) is 83.3 cm³/mol. The van der Waals surface area contributed by atoms with E-state index in [2.05, 4.69) is 19.8 Å². The number of pyridine rings is 1. The molecule has 0 spiro atoms. The number of methoxy groups -OCH3 is 2. The maximum Gasteiger partial charge on any atom is 0.337 e. The van der Waals surface area contributed by atoms with Crippen LogP contribution in [0.4, 0.5) is 17.2 Å². The van der Waals surface area contributed by atoms with Gasteiger partial charge in [0.15, 0.2) is 0 Å². The predicted octanol–water partition coefficient (Wildman–Crippen LogP) is 2.31. The van der Waals surface area contributed by atoms with Crippen LogP contribution in [0.3, 0.4) is 0 Å². The molecule has 1 aromatic carbocycles. The standard InChI is InChI=1S/C15H13N3O6/c1-23-14(19)9-6-10(15(20)24-2)8-11(7-9)17-13-12(18(21)22)4-3-5-16-13/h3-8H,1-2H3,(H,16,17). The molecule has 0 saturated carbocycles. The van der Waals surface area contributed by atoms with Crippen molar-refractivity contribution in [3.05, 3.63) is 57.8 Å². The molecule has 2 rings (SSSR count).